The Bertz CT molecular complexity index is 1110. The summed E-state index contributed by atoms with van der Waals surface area (Å²) in [5.74, 6) is 0. The Balaban J connectivity index is 1.34. The van der Waals surface area contributed by atoms with Gasteiger partial charge in [-0.2, -0.15) is 16.8 Å². The van der Waals surface area contributed by atoms with Crippen molar-refractivity contribution in [2.45, 2.75) is 73.4 Å². The lowest BCUT2D eigenvalue weighted by Crippen LogP contribution is -2.54. The zero-order valence-electron chi connectivity index (χ0n) is 20.1. The molecule has 35 heavy (non-hydrogen) atoms. The van der Waals surface area contributed by atoms with Gasteiger partial charge in [0.2, 0.25) is 0 Å². The largest absolute Gasteiger partial charge is 0.349 e. The molecule has 192 valence electrons. The SMILES string of the molecule is Cc1ccc(S(=O)(=O)OCCC23CCCC(CCOS(=O)(=O)c4ccc(C)cc4)(C2)OCO3)cc1. The van der Waals surface area contributed by atoms with Crippen LogP contribution in [0.25, 0.3) is 0 Å². The van der Waals surface area contributed by atoms with Crippen LogP contribution in [0.5, 0.6) is 0 Å². The van der Waals surface area contributed by atoms with Crippen LogP contribution in [-0.2, 0) is 38.1 Å². The van der Waals surface area contributed by atoms with Crippen molar-refractivity contribution in [1.29, 1.82) is 0 Å². The lowest BCUT2D eigenvalue weighted by Gasteiger charge is -2.51. The van der Waals surface area contributed by atoms with Crippen LogP contribution in [0.4, 0.5) is 0 Å². The van der Waals surface area contributed by atoms with Gasteiger partial charge in [-0.05, 0) is 57.4 Å². The van der Waals surface area contributed by atoms with Crippen LogP contribution < -0.4 is 0 Å². The van der Waals surface area contributed by atoms with E-state index in [0.29, 0.717) is 19.3 Å². The predicted molar refractivity (Wildman–Crippen MR) is 129 cm³/mol. The van der Waals surface area contributed by atoms with Gasteiger partial charge in [-0.25, -0.2) is 0 Å². The van der Waals surface area contributed by atoms with Crippen LogP contribution in [0.15, 0.2) is 58.3 Å². The van der Waals surface area contributed by atoms with Crippen molar-refractivity contribution in [1.82, 2.24) is 0 Å². The first-order chi connectivity index (χ1) is 16.5. The maximum Gasteiger partial charge on any atom is 0.296 e. The molecule has 1 aliphatic heterocycles. The van der Waals surface area contributed by atoms with E-state index in [4.69, 9.17) is 17.8 Å². The maximum atomic E-state index is 12.5. The molecular formula is C25H32O8S2. The van der Waals surface area contributed by atoms with Gasteiger partial charge in [0.1, 0.15) is 6.79 Å². The van der Waals surface area contributed by atoms with E-state index in [9.17, 15) is 16.8 Å². The highest BCUT2D eigenvalue weighted by Gasteiger charge is 2.49. The van der Waals surface area contributed by atoms with E-state index >= 15 is 0 Å². The maximum absolute atomic E-state index is 12.5. The van der Waals surface area contributed by atoms with Gasteiger partial charge in [0.05, 0.1) is 34.2 Å². The zero-order valence-corrected chi connectivity index (χ0v) is 21.7. The van der Waals surface area contributed by atoms with Gasteiger partial charge in [-0.15, -0.1) is 0 Å². The highest BCUT2D eigenvalue weighted by atomic mass is 32.2. The van der Waals surface area contributed by atoms with Crippen LogP contribution in [0.3, 0.4) is 0 Å². The van der Waals surface area contributed by atoms with Gasteiger partial charge in [0.25, 0.3) is 20.2 Å². The molecule has 1 aliphatic carbocycles. The van der Waals surface area contributed by atoms with Crippen molar-refractivity contribution in [2.24, 2.45) is 0 Å². The summed E-state index contributed by atoms with van der Waals surface area (Å²) in [7, 11) is -7.71. The first kappa shape index (κ1) is 26.2. The lowest BCUT2D eigenvalue weighted by atomic mass is 9.71. The van der Waals surface area contributed by atoms with Crippen LogP contribution in [-0.4, -0.2) is 48.0 Å². The van der Waals surface area contributed by atoms with Gasteiger partial charge in [0, 0.05) is 19.3 Å². The molecule has 2 atom stereocenters. The van der Waals surface area contributed by atoms with Crippen LogP contribution >= 0.6 is 0 Å². The van der Waals surface area contributed by atoms with E-state index < -0.39 is 31.4 Å². The minimum atomic E-state index is -3.86. The zero-order chi connectivity index (χ0) is 25.2. The Morgan fingerprint density at radius 3 is 1.51 bits per heavy atom. The Morgan fingerprint density at radius 1 is 0.714 bits per heavy atom. The van der Waals surface area contributed by atoms with Crippen molar-refractivity contribution in [3.63, 3.8) is 0 Å². The third-order valence-electron chi connectivity index (χ3n) is 6.85. The van der Waals surface area contributed by atoms with Gasteiger partial charge < -0.3 is 9.47 Å². The fourth-order valence-corrected chi connectivity index (χ4v) is 6.63. The molecule has 10 heteroatoms. The second kappa shape index (κ2) is 10.3. The average Bonchev–Trinajstić information content (AvgIpc) is 2.79. The topological polar surface area (TPSA) is 105 Å². The molecule has 2 fully saturated rings. The van der Waals surface area contributed by atoms with E-state index in [-0.39, 0.29) is 29.8 Å². The van der Waals surface area contributed by atoms with Crippen molar-refractivity contribution in [3.05, 3.63) is 59.7 Å². The van der Waals surface area contributed by atoms with Crippen LogP contribution in [0, 0.1) is 13.8 Å². The fourth-order valence-electron chi connectivity index (χ4n) is 4.81. The summed E-state index contributed by atoms with van der Waals surface area (Å²) in [6.07, 6.45) is 3.65. The quantitative estimate of drug-likeness (QED) is 0.425. The molecular weight excluding hydrogens is 492 g/mol. The molecule has 2 aromatic carbocycles. The fraction of sp³-hybridized carbons (Fsp3) is 0.520. The molecule has 8 nitrogen and oxygen atoms in total. The molecule has 0 amide bonds. The number of ether oxygens (including phenoxy) is 2. The summed E-state index contributed by atoms with van der Waals surface area (Å²) in [5.41, 5.74) is 0.782. The van der Waals surface area contributed by atoms with Gasteiger partial charge in [0.15, 0.2) is 0 Å². The first-order valence-corrected chi connectivity index (χ1v) is 14.6. The highest BCUT2D eigenvalue weighted by molar-refractivity contribution is 7.87. The third-order valence-corrected chi connectivity index (χ3v) is 9.50. The van der Waals surface area contributed by atoms with E-state index in [1.807, 2.05) is 13.8 Å². The standard InChI is InChI=1S/C25H32O8S2/c1-20-4-8-22(9-5-20)34(26,27)32-16-14-24-12-3-13-25(18-24,31-19-30-24)15-17-33-35(28,29)23-10-6-21(2)7-11-23/h4-11H,3,12-19H2,1-2H3. The summed E-state index contributed by atoms with van der Waals surface area (Å²) in [6.45, 7) is 3.82. The van der Waals surface area contributed by atoms with Crippen LogP contribution in [0.2, 0.25) is 0 Å². The Hall–Kier alpha value is -1.82. The molecule has 0 N–H and O–H groups in total. The number of rotatable bonds is 10. The van der Waals surface area contributed by atoms with Gasteiger partial charge >= 0.3 is 0 Å². The van der Waals surface area contributed by atoms with E-state index in [2.05, 4.69) is 0 Å². The van der Waals surface area contributed by atoms with E-state index in [1.165, 1.54) is 24.3 Å². The van der Waals surface area contributed by atoms with Gasteiger partial charge in [-0.3, -0.25) is 8.37 Å². The molecule has 2 aromatic rings. The van der Waals surface area contributed by atoms with Crippen molar-refractivity contribution < 1.29 is 34.7 Å². The molecule has 0 spiro atoms. The minimum Gasteiger partial charge on any atom is -0.349 e. The summed E-state index contributed by atoms with van der Waals surface area (Å²) < 4.78 is 72.7. The lowest BCUT2D eigenvalue weighted by molar-refractivity contribution is -0.287. The Labute approximate surface area is 207 Å². The molecule has 2 aliphatic rings. The first-order valence-electron chi connectivity index (χ1n) is 11.7. The Morgan fingerprint density at radius 2 is 1.11 bits per heavy atom. The van der Waals surface area contributed by atoms with Crippen molar-refractivity contribution >= 4 is 20.2 Å². The normalized spacial score (nSPS) is 24.9. The summed E-state index contributed by atoms with van der Waals surface area (Å²) in [6, 6.07) is 13.0. The Kier molecular flexibility index (Phi) is 7.71. The number of hydrogen-bond acceptors (Lipinski definition) is 8. The number of hydrogen-bond donors (Lipinski definition) is 0. The smallest absolute Gasteiger partial charge is 0.296 e. The van der Waals surface area contributed by atoms with E-state index in [0.717, 1.165) is 30.4 Å². The molecule has 2 bridgehead atoms. The minimum absolute atomic E-state index is 0.00933. The molecule has 0 aromatic heterocycles. The molecule has 1 saturated heterocycles. The molecule has 1 heterocycles. The summed E-state index contributed by atoms with van der Waals surface area (Å²) in [4.78, 5) is 0.247. The van der Waals surface area contributed by atoms with Crippen molar-refractivity contribution in [3.8, 4) is 0 Å². The average molecular weight is 525 g/mol. The van der Waals surface area contributed by atoms with Gasteiger partial charge in [-0.1, -0.05) is 35.4 Å². The van der Waals surface area contributed by atoms with Crippen LogP contribution in [0.1, 0.15) is 49.7 Å². The number of fused-ring (bicyclic) bond motifs is 2. The second-order valence-electron chi connectivity index (χ2n) is 9.48. The molecule has 1 saturated carbocycles. The number of aryl methyl sites for hydroxylation is 2. The van der Waals surface area contributed by atoms with E-state index in [1.54, 1.807) is 24.3 Å². The second-order valence-corrected chi connectivity index (χ2v) is 12.7. The molecule has 0 radical (unpaired) electrons. The number of benzene rings is 2. The predicted octanol–water partition coefficient (Wildman–Crippen LogP) is 4.25. The summed E-state index contributed by atoms with van der Waals surface area (Å²) >= 11 is 0. The molecule has 4 rings (SSSR count). The van der Waals surface area contributed by atoms with Crippen molar-refractivity contribution in [2.75, 3.05) is 20.0 Å². The molecule has 2 unspecified atom stereocenters. The highest BCUT2D eigenvalue weighted by Crippen LogP contribution is 2.47. The summed E-state index contributed by atoms with van der Waals surface area (Å²) in [5, 5.41) is 0. The third kappa shape index (κ3) is 6.31. The monoisotopic (exact) mass is 524 g/mol.